The minimum atomic E-state index is -4.97. The van der Waals surface area contributed by atoms with Gasteiger partial charge in [0.2, 0.25) is 0 Å². The molecule has 3 N–H and O–H groups in total. The highest BCUT2D eigenvalue weighted by atomic mass is 31.2. The predicted molar refractivity (Wildman–Crippen MR) is 423 cm³/mol. The van der Waals surface area contributed by atoms with Gasteiger partial charge in [0.05, 0.1) is 26.4 Å². The first-order valence-electron chi connectivity index (χ1n) is 43.4. The van der Waals surface area contributed by atoms with E-state index in [1.165, 1.54) is 250 Å². The molecule has 0 aliphatic heterocycles. The second kappa shape index (κ2) is 74.2. The summed E-state index contributed by atoms with van der Waals surface area (Å²) in [6, 6.07) is 0. The van der Waals surface area contributed by atoms with E-state index in [0.717, 1.165) is 108 Å². The largest absolute Gasteiger partial charge is 0.472 e. The second-order valence-electron chi connectivity index (χ2n) is 31.4. The van der Waals surface area contributed by atoms with Gasteiger partial charge in [-0.05, 0) is 43.4 Å². The predicted octanol–water partition coefficient (Wildman–Crippen LogP) is 25.3. The van der Waals surface area contributed by atoms with E-state index in [1.807, 2.05) is 0 Å². The summed E-state index contributed by atoms with van der Waals surface area (Å²) in [6.07, 6.45) is 63.7. The number of hydrogen-bond donors (Lipinski definition) is 3. The van der Waals surface area contributed by atoms with Crippen LogP contribution in [0.15, 0.2) is 0 Å². The van der Waals surface area contributed by atoms with Crippen molar-refractivity contribution in [3.63, 3.8) is 0 Å². The quantitative estimate of drug-likeness (QED) is 0.0222. The molecule has 0 radical (unpaired) electrons. The molecule has 0 aromatic carbocycles. The minimum absolute atomic E-state index is 0.107. The smallest absolute Gasteiger partial charge is 0.462 e. The summed E-state index contributed by atoms with van der Waals surface area (Å²) in [7, 11) is -9.93. The molecule has 0 aliphatic rings. The summed E-state index contributed by atoms with van der Waals surface area (Å²) >= 11 is 0. The molecule has 103 heavy (non-hydrogen) atoms. The molecule has 0 spiro atoms. The van der Waals surface area contributed by atoms with Crippen LogP contribution in [0.2, 0.25) is 0 Å². The van der Waals surface area contributed by atoms with Gasteiger partial charge in [0, 0.05) is 25.7 Å². The van der Waals surface area contributed by atoms with E-state index >= 15 is 0 Å². The number of carbonyl (C=O) groups is 4. The van der Waals surface area contributed by atoms with E-state index in [1.54, 1.807) is 0 Å². The first-order valence-corrected chi connectivity index (χ1v) is 46.4. The molecule has 0 heterocycles. The molecule has 0 rings (SSSR count). The van der Waals surface area contributed by atoms with Crippen molar-refractivity contribution in [3.05, 3.63) is 0 Å². The summed E-state index contributed by atoms with van der Waals surface area (Å²) < 4.78 is 68.8. The maximum absolute atomic E-state index is 13.1. The molecule has 0 saturated carbocycles. The third kappa shape index (κ3) is 76.6. The number of carbonyl (C=O) groups excluding carboxylic acids is 4. The molecule has 0 aliphatic carbocycles. The van der Waals surface area contributed by atoms with Gasteiger partial charge in [0.1, 0.15) is 19.3 Å². The highest BCUT2D eigenvalue weighted by Crippen LogP contribution is 2.45. The Balaban J connectivity index is 5.25. The highest BCUT2D eigenvalue weighted by molar-refractivity contribution is 7.47. The molecule has 0 amide bonds. The zero-order valence-corrected chi connectivity index (χ0v) is 69.6. The van der Waals surface area contributed by atoms with Crippen LogP contribution >= 0.6 is 15.6 Å². The normalized spacial score (nSPS) is 14.2. The van der Waals surface area contributed by atoms with Crippen LogP contribution in [0, 0.1) is 17.8 Å². The number of rotatable bonds is 82. The van der Waals surface area contributed by atoms with Gasteiger partial charge in [-0.25, -0.2) is 9.13 Å². The summed E-state index contributed by atoms with van der Waals surface area (Å²) in [6.45, 7) is 12.0. The van der Waals surface area contributed by atoms with Crippen LogP contribution < -0.4 is 0 Å². The molecule has 0 fully saturated rings. The first-order chi connectivity index (χ1) is 49.8. The van der Waals surface area contributed by atoms with E-state index < -0.39 is 97.5 Å². The van der Waals surface area contributed by atoms with E-state index in [4.69, 9.17) is 37.0 Å². The number of phosphoric acid groups is 2. The average molecular weight is 1510 g/mol. The average Bonchev–Trinajstić information content (AvgIpc) is 0.948. The van der Waals surface area contributed by atoms with E-state index in [0.29, 0.717) is 25.7 Å². The first kappa shape index (κ1) is 101. The number of ether oxygens (including phenoxy) is 4. The lowest BCUT2D eigenvalue weighted by molar-refractivity contribution is -0.161. The second-order valence-corrected chi connectivity index (χ2v) is 34.3. The number of phosphoric ester groups is 2. The van der Waals surface area contributed by atoms with Crippen molar-refractivity contribution in [2.45, 2.75) is 458 Å². The van der Waals surface area contributed by atoms with Crippen LogP contribution in [0.3, 0.4) is 0 Å². The van der Waals surface area contributed by atoms with Crippen molar-refractivity contribution in [1.82, 2.24) is 0 Å². The Morgan fingerprint density at radius 2 is 0.495 bits per heavy atom. The SMILES string of the molecule is CCCCCCCCCCCCCC(=O)OC[C@H](COP(=O)(O)OC[C@H](O)COP(=O)(O)OC[C@@H](COC(=O)CCCCCCCCCCCCCCCCCCC(C)C)OC(=O)CCCCCCCCCCCCCCCCCCC(C)C)OC(=O)CCCCCCCCCCCCC(C)CC. The minimum Gasteiger partial charge on any atom is -0.462 e. The molecule has 19 heteroatoms. The Bertz CT molecular complexity index is 1990. The summed E-state index contributed by atoms with van der Waals surface area (Å²) in [4.78, 5) is 73.1. The summed E-state index contributed by atoms with van der Waals surface area (Å²) in [5.41, 5.74) is 0. The van der Waals surface area contributed by atoms with Crippen molar-refractivity contribution in [2.75, 3.05) is 39.6 Å². The lowest BCUT2D eigenvalue weighted by Crippen LogP contribution is -2.30. The fraction of sp³-hybridized carbons (Fsp3) is 0.952. The van der Waals surface area contributed by atoms with Crippen LogP contribution in [0.4, 0.5) is 0 Å². The topological polar surface area (TPSA) is 237 Å². The number of hydrogen-bond acceptors (Lipinski definition) is 15. The fourth-order valence-electron chi connectivity index (χ4n) is 13.0. The number of aliphatic hydroxyl groups excluding tert-OH is 1. The molecule has 612 valence electrons. The molecule has 17 nitrogen and oxygen atoms in total. The molecule has 0 saturated heterocycles. The van der Waals surface area contributed by atoms with Gasteiger partial charge in [-0.3, -0.25) is 37.3 Å². The van der Waals surface area contributed by atoms with Gasteiger partial charge in [-0.1, -0.05) is 389 Å². The zero-order chi connectivity index (χ0) is 75.8. The Labute approximate surface area is 632 Å². The standard InChI is InChI=1S/C84H164O17P2/c1-8-10-11-12-13-14-27-37-44-51-58-65-81(86)94-71-80(101-84(89)68-61-54-47-40-33-32-36-43-50-57-64-77(7)9-2)74-99-103(92,93)97-70-78(85)69-96-102(90,91)98-73-79(100-83(88)67-60-53-46-39-31-26-22-18-16-20-24-29-35-42-49-56-63-76(5)6)72-95-82(87)66-59-52-45-38-30-25-21-17-15-19-23-28-34-41-48-55-62-75(3)4/h75-80,85H,8-74H2,1-7H3,(H,90,91)(H,92,93)/t77?,78-,79-,80-/m1/s1. The van der Waals surface area contributed by atoms with Gasteiger partial charge >= 0.3 is 39.5 Å². The van der Waals surface area contributed by atoms with Crippen molar-refractivity contribution in [1.29, 1.82) is 0 Å². The molecule has 0 aromatic heterocycles. The van der Waals surface area contributed by atoms with Crippen molar-refractivity contribution >= 4 is 39.5 Å². The Kier molecular flexibility index (Phi) is 72.8. The van der Waals surface area contributed by atoms with E-state index in [-0.39, 0.29) is 25.7 Å². The van der Waals surface area contributed by atoms with Gasteiger partial charge in [-0.2, -0.15) is 0 Å². The Morgan fingerprint density at radius 3 is 0.738 bits per heavy atom. The zero-order valence-electron chi connectivity index (χ0n) is 67.8. The fourth-order valence-corrected chi connectivity index (χ4v) is 14.6. The van der Waals surface area contributed by atoms with Crippen molar-refractivity contribution in [2.24, 2.45) is 17.8 Å². The van der Waals surface area contributed by atoms with Crippen molar-refractivity contribution < 1.29 is 80.2 Å². The summed E-state index contributed by atoms with van der Waals surface area (Å²) in [5, 5.41) is 10.7. The maximum atomic E-state index is 13.1. The van der Waals surface area contributed by atoms with Crippen LogP contribution in [-0.2, 0) is 65.4 Å². The third-order valence-corrected chi connectivity index (χ3v) is 21.9. The monoisotopic (exact) mass is 1510 g/mol. The van der Waals surface area contributed by atoms with Gasteiger partial charge in [-0.15, -0.1) is 0 Å². The lowest BCUT2D eigenvalue weighted by atomic mass is 9.99. The summed E-state index contributed by atoms with van der Waals surface area (Å²) in [5.74, 6) is 0.319. The van der Waals surface area contributed by atoms with Crippen molar-refractivity contribution in [3.8, 4) is 0 Å². The molecule has 3 unspecified atom stereocenters. The molecule has 6 atom stereocenters. The van der Waals surface area contributed by atoms with Gasteiger partial charge in [0.25, 0.3) is 0 Å². The number of aliphatic hydroxyl groups is 1. The number of esters is 4. The highest BCUT2D eigenvalue weighted by Gasteiger charge is 2.30. The van der Waals surface area contributed by atoms with E-state index in [2.05, 4.69) is 48.5 Å². The Hall–Kier alpha value is -1.94. The molecular formula is C84H164O17P2. The Morgan fingerprint density at radius 1 is 0.282 bits per heavy atom. The van der Waals surface area contributed by atoms with Crippen LogP contribution in [0.5, 0.6) is 0 Å². The maximum Gasteiger partial charge on any atom is 0.472 e. The van der Waals surface area contributed by atoms with Crippen LogP contribution in [-0.4, -0.2) is 96.7 Å². The number of unbranched alkanes of at least 4 members (excludes halogenated alkanes) is 49. The van der Waals surface area contributed by atoms with Crippen LogP contribution in [0.1, 0.15) is 440 Å². The molecular weight excluding hydrogens is 1340 g/mol. The van der Waals surface area contributed by atoms with Gasteiger partial charge < -0.3 is 33.8 Å². The van der Waals surface area contributed by atoms with Gasteiger partial charge in [0.15, 0.2) is 12.2 Å². The lowest BCUT2D eigenvalue weighted by Gasteiger charge is -2.21. The molecule has 0 aromatic rings. The molecule has 0 bridgehead atoms. The third-order valence-electron chi connectivity index (χ3n) is 20.0. The van der Waals surface area contributed by atoms with E-state index in [9.17, 15) is 43.2 Å². The van der Waals surface area contributed by atoms with Crippen LogP contribution in [0.25, 0.3) is 0 Å².